The van der Waals surface area contributed by atoms with E-state index in [0.717, 1.165) is 24.5 Å². The van der Waals surface area contributed by atoms with Gasteiger partial charge in [-0.3, -0.25) is 14.9 Å². The second-order valence-electron chi connectivity index (χ2n) is 6.79. The number of esters is 1. The molecule has 0 aliphatic heterocycles. The van der Waals surface area contributed by atoms with Gasteiger partial charge in [-0.25, -0.2) is 4.79 Å². The van der Waals surface area contributed by atoms with Crippen LogP contribution in [-0.4, -0.2) is 29.4 Å². The first-order valence-corrected chi connectivity index (χ1v) is 9.49. The summed E-state index contributed by atoms with van der Waals surface area (Å²) in [7, 11) is 0. The summed E-state index contributed by atoms with van der Waals surface area (Å²) >= 11 is 6.10. The Morgan fingerprint density at radius 2 is 2.00 bits per heavy atom. The number of nitrogens with one attached hydrogen (secondary N) is 2. The molecule has 0 bridgehead atoms. The maximum Gasteiger partial charge on any atom is 0.338 e. The van der Waals surface area contributed by atoms with Gasteiger partial charge in [-0.2, -0.15) is 0 Å². The molecule has 0 heterocycles. The summed E-state index contributed by atoms with van der Waals surface area (Å²) in [6.07, 6.45) is 1.92. The first-order valence-electron chi connectivity index (χ1n) is 9.11. The van der Waals surface area contributed by atoms with Gasteiger partial charge in [-0.15, -0.1) is 0 Å². The fourth-order valence-electron chi connectivity index (χ4n) is 2.78. The predicted molar refractivity (Wildman–Crippen MR) is 108 cm³/mol. The molecule has 0 unspecified atom stereocenters. The van der Waals surface area contributed by atoms with Crippen molar-refractivity contribution < 1.29 is 19.2 Å². The average molecular weight is 418 g/mol. The normalized spacial score (nSPS) is 14.0. The highest BCUT2D eigenvalue weighted by Gasteiger charge is 2.26. The van der Waals surface area contributed by atoms with E-state index in [2.05, 4.69) is 10.6 Å². The Hall–Kier alpha value is -3.13. The molecule has 29 heavy (non-hydrogen) atoms. The molecule has 2 N–H and O–H groups in total. The second kappa shape index (κ2) is 8.91. The molecule has 9 heteroatoms. The Morgan fingerprint density at radius 1 is 1.28 bits per heavy atom. The Kier molecular flexibility index (Phi) is 6.33. The molecule has 1 fully saturated rings. The molecule has 2 aromatic rings. The number of carbonyl (C=O) groups is 2. The van der Waals surface area contributed by atoms with Gasteiger partial charge in [0.1, 0.15) is 5.69 Å². The summed E-state index contributed by atoms with van der Waals surface area (Å²) in [5, 5.41) is 17.6. The molecule has 1 atom stereocenters. The molecule has 152 valence electrons. The fraction of sp³-hybridized carbons (Fsp3) is 0.300. The molecule has 0 aromatic heterocycles. The summed E-state index contributed by atoms with van der Waals surface area (Å²) in [5.41, 5.74) is 0.900. The highest BCUT2D eigenvalue weighted by molar-refractivity contribution is 6.31. The number of nitro groups is 1. The average Bonchev–Trinajstić information content (AvgIpc) is 3.50. The number of rotatable bonds is 8. The van der Waals surface area contributed by atoms with Crippen LogP contribution in [0.5, 0.6) is 0 Å². The smallest absolute Gasteiger partial charge is 0.338 e. The minimum Gasteiger partial charge on any atom is -0.452 e. The predicted octanol–water partition coefficient (Wildman–Crippen LogP) is 3.86. The Bertz CT molecular complexity index is 945. The molecule has 0 saturated heterocycles. The van der Waals surface area contributed by atoms with Crippen molar-refractivity contribution in [3.8, 4) is 0 Å². The van der Waals surface area contributed by atoms with Gasteiger partial charge in [0.05, 0.1) is 16.5 Å². The number of amides is 1. The van der Waals surface area contributed by atoms with Crippen LogP contribution in [0.4, 0.5) is 11.4 Å². The van der Waals surface area contributed by atoms with E-state index >= 15 is 0 Å². The quantitative estimate of drug-likeness (QED) is 0.383. The first-order chi connectivity index (χ1) is 13.8. The lowest BCUT2D eigenvalue weighted by Gasteiger charge is -2.15. The Balaban J connectivity index is 1.58. The Morgan fingerprint density at radius 3 is 2.66 bits per heavy atom. The number of carbonyl (C=O) groups excluding carboxylic acids is 2. The molecule has 0 spiro atoms. The number of anilines is 1. The van der Waals surface area contributed by atoms with Crippen LogP contribution in [0.1, 0.15) is 41.7 Å². The van der Waals surface area contributed by atoms with Gasteiger partial charge in [-0.05, 0) is 43.5 Å². The van der Waals surface area contributed by atoms with Gasteiger partial charge in [0.25, 0.3) is 11.6 Å². The van der Waals surface area contributed by atoms with Crippen molar-refractivity contribution in [3.05, 3.63) is 68.7 Å². The van der Waals surface area contributed by atoms with Crippen LogP contribution < -0.4 is 10.6 Å². The summed E-state index contributed by atoms with van der Waals surface area (Å²) < 4.78 is 5.00. The molecule has 0 radical (unpaired) electrons. The van der Waals surface area contributed by atoms with E-state index in [1.54, 1.807) is 31.2 Å². The van der Waals surface area contributed by atoms with Crippen molar-refractivity contribution in [3.63, 3.8) is 0 Å². The third-order valence-corrected chi connectivity index (χ3v) is 4.79. The molecule has 2 aromatic carbocycles. The van der Waals surface area contributed by atoms with E-state index in [0.29, 0.717) is 10.7 Å². The molecule has 1 saturated carbocycles. The van der Waals surface area contributed by atoms with Crippen LogP contribution in [0.15, 0.2) is 42.5 Å². The van der Waals surface area contributed by atoms with Gasteiger partial charge >= 0.3 is 5.97 Å². The van der Waals surface area contributed by atoms with Crippen molar-refractivity contribution in [2.75, 3.05) is 11.9 Å². The summed E-state index contributed by atoms with van der Waals surface area (Å²) in [6.45, 7) is 1.25. The summed E-state index contributed by atoms with van der Waals surface area (Å²) in [5.74, 6) is -1.32. The van der Waals surface area contributed by atoms with Crippen molar-refractivity contribution in [2.24, 2.45) is 0 Å². The van der Waals surface area contributed by atoms with Gasteiger partial charge in [-0.1, -0.05) is 29.8 Å². The van der Waals surface area contributed by atoms with E-state index in [1.165, 1.54) is 12.1 Å². The largest absolute Gasteiger partial charge is 0.452 e. The van der Waals surface area contributed by atoms with Crippen molar-refractivity contribution in [1.29, 1.82) is 0 Å². The van der Waals surface area contributed by atoms with Gasteiger partial charge in [0.2, 0.25) is 0 Å². The maximum atomic E-state index is 12.2. The molecule has 8 nitrogen and oxygen atoms in total. The third-order valence-electron chi connectivity index (χ3n) is 4.45. The second-order valence-corrected chi connectivity index (χ2v) is 7.20. The van der Waals surface area contributed by atoms with Crippen molar-refractivity contribution in [1.82, 2.24) is 5.32 Å². The molecular weight excluding hydrogens is 398 g/mol. The number of nitrogens with zero attached hydrogens (tertiary/aromatic N) is 1. The maximum absolute atomic E-state index is 12.2. The SMILES string of the molecule is C[C@H](NC(=O)COC(=O)c1ccc(NC2CC2)c([N+](=O)[O-])c1)c1ccccc1Cl. The number of halogens is 1. The van der Waals surface area contributed by atoms with Crippen LogP contribution in [0.25, 0.3) is 0 Å². The number of benzene rings is 2. The third kappa shape index (κ3) is 5.45. The lowest BCUT2D eigenvalue weighted by molar-refractivity contribution is -0.384. The van der Waals surface area contributed by atoms with E-state index in [9.17, 15) is 19.7 Å². The molecule has 1 amide bonds. The molecule has 1 aliphatic rings. The minimum absolute atomic E-state index is 0.00463. The number of hydrogen-bond donors (Lipinski definition) is 2. The number of ether oxygens (including phenoxy) is 1. The Labute approximate surface area is 172 Å². The van der Waals surface area contributed by atoms with Crippen LogP contribution in [0.2, 0.25) is 5.02 Å². The highest BCUT2D eigenvalue weighted by atomic mass is 35.5. The number of hydrogen-bond acceptors (Lipinski definition) is 6. The van der Waals surface area contributed by atoms with Crippen molar-refractivity contribution in [2.45, 2.75) is 31.8 Å². The molecule has 1 aliphatic carbocycles. The van der Waals surface area contributed by atoms with E-state index in [1.807, 2.05) is 0 Å². The minimum atomic E-state index is -0.813. The fourth-order valence-corrected chi connectivity index (χ4v) is 3.08. The first kappa shape index (κ1) is 20.6. The molecular formula is C20H20ClN3O5. The zero-order valence-electron chi connectivity index (χ0n) is 15.7. The zero-order valence-corrected chi connectivity index (χ0v) is 16.4. The van der Waals surface area contributed by atoms with Crippen LogP contribution in [0.3, 0.4) is 0 Å². The standard InChI is InChI=1S/C20H20ClN3O5/c1-12(15-4-2-3-5-16(15)21)22-19(25)11-29-20(26)13-6-9-17(23-14-7-8-14)18(10-13)24(27)28/h2-6,9-10,12,14,23H,7-8,11H2,1H3,(H,22,25)/t12-/m0/s1. The summed E-state index contributed by atoms with van der Waals surface area (Å²) in [4.78, 5) is 35.0. The summed E-state index contributed by atoms with van der Waals surface area (Å²) in [6, 6.07) is 11.0. The van der Waals surface area contributed by atoms with E-state index in [-0.39, 0.29) is 23.3 Å². The van der Waals surface area contributed by atoms with E-state index in [4.69, 9.17) is 16.3 Å². The van der Waals surface area contributed by atoms with E-state index < -0.39 is 23.4 Å². The topological polar surface area (TPSA) is 111 Å². The van der Waals surface area contributed by atoms with Crippen molar-refractivity contribution >= 4 is 34.9 Å². The van der Waals surface area contributed by atoms with Gasteiger partial charge < -0.3 is 15.4 Å². The van der Waals surface area contributed by atoms with Crippen LogP contribution in [-0.2, 0) is 9.53 Å². The lowest BCUT2D eigenvalue weighted by Crippen LogP contribution is -2.31. The monoisotopic (exact) mass is 417 g/mol. The van der Waals surface area contributed by atoms with Crippen LogP contribution >= 0.6 is 11.6 Å². The van der Waals surface area contributed by atoms with Gasteiger partial charge in [0.15, 0.2) is 6.61 Å². The zero-order chi connectivity index (χ0) is 21.0. The molecule has 3 rings (SSSR count). The number of nitro benzene ring substituents is 1. The highest BCUT2D eigenvalue weighted by Crippen LogP contribution is 2.31. The van der Waals surface area contributed by atoms with Gasteiger partial charge in [0, 0.05) is 17.1 Å². The van der Waals surface area contributed by atoms with Crippen LogP contribution in [0, 0.1) is 10.1 Å². The lowest BCUT2D eigenvalue weighted by atomic mass is 10.1.